The summed E-state index contributed by atoms with van der Waals surface area (Å²) in [5.41, 5.74) is 2.38. The summed E-state index contributed by atoms with van der Waals surface area (Å²) in [6.07, 6.45) is -1.12. The third kappa shape index (κ3) is 2.86. The Labute approximate surface area is 127 Å². The maximum atomic E-state index is 12.2. The predicted molar refractivity (Wildman–Crippen MR) is 80.3 cm³/mol. The fraction of sp³-hybridized carbons (Fsp3) is 0.188. The molecule has 1 aliphatic rings. The second-order valence-electron chi connectivity index (χ2n) is 4.87. The number of benzene rings is 2. The highest BCUT2D eigenvalue weighted by atomic mass is 35.5. The van der Waals surface area contributed by atoms with Crippen LogP contribution in [0.1, 0.15) is 11.1 Å². The number of halogens is 1. The molecule has 1 heterocycles. The minimum absolute atomic E-state index is 0.172. The Hall–Kier alpha value is -2.04. The van der Waals surface area contributed by atoms with Crippen LogP contribution in [0.4, 0.5) is 10.5 Å². The molecule has 21 heavy (non-hydrogen) atoms. The van der Waals surface area contributed by atoms with Crippen LogP contribution in [-0.2, 0) is 17.8 Å². The number of amides is 1. The SMILES string of the molecule is O=C(OCc1ccccc1)N1c2ccc(Cl)cc2CC1O. The largest absolute Gasteiger partial charge is 0.444 e. The van der Waals surface area contributed by atoms with Crippen molar-refractivity contribution < 1.29 is 14.6 Å². The third-order valence-corrected chi connectivity index (χ3v) is 3.64. The first-order valence-electron chi connectivity index (χ1n) is 6.61. The minimum Gasteiger partial charge on any atom is -0.444 e. The van der Waals surface area contributed by atoms with Gasteiger partial charge in [-0.3, -0.25) is 4.90 Å². The fourth-order valence-corrected chi connectivity index (χ4v) is 2.60. The van der Waals surface area contributed by atoms with E-state index in [1.807, 2.05) is 30.3 Å². The molecule has 1 unspecified atom stereocenters. The van der Waals surface area contributed by atoms with Gasteiger partial charge in [0.25, 0.3) is 0 Å². The highest BCUT2D eigenvalue weighted by Gasteiger charge is 2.33. The number of carbonyl (C=O) groups excluding carboxylic acids is 1. The van der Waals surface area contributed by atoms with Crippen molar-refractivity contribution >= 4 is 23.4 Å². The average Bonchev–Trinajstić information content (AvgIpc) is 2.81. The van der Waals surface area contributed by atoms with Crippen LogP contribution in [0, 0.1) is 0 Å². The van der Waals surface area contributed by atoms with E-state index in [9.17, 15) is 9.90 Å². The van der Waals surface area contributed by atoms with Gasteiger partial charge in [0.2, 0.25) is 0 Å². The lowest BCUT2D eigenvalue weighted by molar-refractivity contribution is 0.121. The number of anilines is 1. The van der Waals surface area contributed by atoms with Crippen molar-refractivity contribution in [2.24, 2.45) is 0 Å². The van der Waals surface area contributed by atoms with Crippen molar-refractivity contribution in [2.45, 2.75) is 19.3 Å². The number of carbonyl (C=O) groups is 1. The van der Waals surface area contributed by atoms with E-state index in [0.29, 0.717) is 17.1 Å². The summed E-state index contributed by atoms with van der Waals surface area (Å²) in [4.78, 5) is 13.4. The number of aliphatic hydroxyl groups excluding tert-OH is 1. The van der Waals surface area contributed by atoms with E-state index in [-0.39, 0.29) is 6.61 Å². The molecule has 1 aliphatic heterocycles. The highest BCUT2D eigenvalue weighted by Crippen LogP contribution is 2.33. The molecule has 0 saturated carbocycles. The van der Waals surface area contributed by atoms with Crippen LogP contribution in [0.3, 0.4) is 0 Å². The van der Waals surface area contributed by atoms with Crippen LogP contribution in [-0.4, -0.2) is 17.4 Å². The van der Waals surface area contributed by atoms with Crippen molar-refractivity contribution in [1.82, 2.24) is 0 Å². The summed E-state index contributed by atoms with van der Waals surface area (Å²) >= 11 is 5.92. The molecule has 2 aromatic carbocycles. The summed E-state index contributed by atoms with van der Waals surface area (Å²) in [5, 5.41) is 10.6. The molecule has 0 aliphatic carbocycles. The minimum atomic E-state index is -0.915. The molecular formula is C16H14ClNO3. The maximum Gasteiger partial charge on any atom is 0.416 e. The number of hydrogen-bond acceptors (Lipinski definition) is 3. The lowest BCUT2D eigenvalue weighted by atomic mass is 10.2. The lowest BCUT2D eigenvalue weighted by Gasteiger charge is -2.21. The summed E-state index contributed by atoms with van der Waals surface area (Å²) in [6.45, 7) is 0.172. The first-order valence-corrected chi connectivity index (χ1v) is 6.99. The molecule has 0 bridgehead atoms. The topological polar surface area (TPSA) is 49.8 Å². The van der Waals surface area contributed by atoms with Crippen LogP contribution in [0.15, 0.2) is 48.5 Å². The average molecular weight is 304 g/mol. The fourth-order valence-electron chi connectivity index (χ4n) is 2.41. The molecule has 0 aromatic heterocycles. The molecule has 1 amide bonds. The van der Waals surface area contributed by atoms with Gasteiger partial charge in [-0.1, -0.05) is 41.9 Å². The zero-order chi connectivity index (χ0) is 14.8. The first kappa shape index (κ1) is 13.9. The van der Waals surface area contributed by atoms with Gasteiger partial charge in [0.05, 0.1) is 5.69 Å². The van der Waals surface area contributed by atoms with Gasteiger partial charge in [0.1, 0.15) is 12.8 Å². The number of aliphatic hydroxyl groups is 1. The number of rotatable bonds is 2. The van der Waals surface area contributed by atoms with Gasteiger partial charge in [-0.25, -0.2) is 4.79 Å². The number of ether oxygens (including phenoxy) is 1. The van der Waals surface area contributed by atoms with E-state index < -0.39 is 12.3 Å². The number of nitrogens with zero attached hydrogens (tertiary/aromatic N) is 1. The second-order valence-corrected chi connectivity index (χ2v) is 5.30. The Morgan fingerprint density at radius 2 is 2.05 bits per heavy atom. The zero-order valence-electron chi connectivity index (χ0n) is 11.2. The Bertz CT molecular complexity index is 660. The maximum absolute atomic E-state index is 12.2. The second kappa shape index (κ2) is 5.76. The van der Waals surface area contributed by atoms with Crippen molar-refractivity contribution in [1.29, 1.82) is 0 Å². The van der Waals surface area contributed by atoms with Crippen LogP contribution >= 0.6 is 11.6 Å². The highest BCUT2D eigenvalue weighted by molar-refractivity contribution is 6.30. The standard InChI is InChI=1S/C16H14ClNO3/c17-13-6-7-14-12(8-13)9-15(19)18(14)16(20)21-10-11-4-2-1-3-5-11/h1-8,15,19H,9-10H2. The summed E-state index contributed by atoms with van der Waals surface area (Å²) in [5.74, 6) is 0. The van der Waals surface area contributed by atoms with Crippen molar-refractivity contribution in [2.75, 3.05) is 4.90 Å². The molecular weight excluding hydrogens is 290 g/mol. The Morgan fingerprint density at radius 3 is 2.81 bits per heavy atom. The molecule has 3 rings (SSSR count). The third-order valence-electron chi connectivity index (χ3n) is 3.40. The quantitative estimate of drug-likeness (QED) is 0.925. The summed E-state index contributed by atoms with van der Waals surface area (Å²) < 4.78 is 5.26. The van der Waals surface area contributed by atoms with E-state index in [0.717, 1.165) is 11.1 Å². The molecule has 1 atom stereocenters. The number of fused-ring (bicyclic) bond motifs is 1. The molecule has 5 heteroatoms. The molecule has 2 aromatic rings. The van der Waals surface area contributed by atoms with Gasteiger partial charge in [-0.05, 0) is 29.3 Å². The van der Waals surface area contributed by atoms with Crippen molar-refractivity contribution in [3.05, 3.63) is 64.7 Å². The summed E-state index contributed by atoms with van der Waals surface area (Å²) in [7, 11) is 0. The zero-order valence-corrected chi connectivity index (χ0v) is 12.0. The van der Waals surface area contributed by atoms with Gasteiger partial charge in [-0.2, -0.15) is 0 Å². The van der Waals surface area contributed by atoms with Crippen LogP contribution in [0.2, 0.25) is 5.02 Å². The Kier molecular flexibility index (Phi) is 3.82. The van der Waals surface area contributed by atoms with Crippen molar-refractivity contribution in [3.8, 4) is 0 Å². The van der Waals surface area contributed by atoms with Gasteiger partial charge < -0.3 is 9.84 Å². The normalized spacial score (nSPS) is 16.7. The molecule has 0 saturated heterocycles. The monoisotopic (exact) mass is 303 g/mol. The van der Waals surface area contributed by atoms with Gasteiger partial charge >= 0.3 is 6.09 Å². The van der Waals surface area contributed by atoms with E-state index in [1.165, 1.54) is 4.90 Å². The molecule has 1 N–H and O–H groups in total. The van der Waals surface area contributed by atoms with Crippen molar-refractivity contribution in [3.63, 3.8) is 0 Å². The molecule has 0 fully saturated rings. The predicted octanol–water partition coefficient (Wildman–Crippen LogP) is 3.36. The molecule has 4 nitrogen and oxygen atoms in total. The molecule has 108 valence electrons. The van der Waals surface area contributed by atoms with E-state index in [2.05, 4.69) is 0 Å². The van der Waals surface area contributed by atoms with Crippen LogP contribution in [0.25, 0.3) is 0 Å². The molecule has 0 radical (unpaired) electrons. The Balaban J connectivity index is 1.73. The van der Waals surface area contributed by atoms with Gasteiger partial charge in [0.15, 0.2) is 0 Å². The van der Waals surface area contributed by atoms with Gasteiger partial charge in [-0.15, -0.1) is 0 Å². The number of hydrogen-bond donors (Lipinski definition) is 1. The summed E-state index contributed by atoms with van der Waals surface area (Å²) in [6, 6.07) is 14.6. The smallest absolute Gasteiger partial charge is 0.416 e. The van der Waals surface area contributed by atoms with Crippen LogP contribution < -0.4 is 4.90 Å². The first-order chi connectivity index (χ1) is 10.1. The lowest BCUT2D eigenvalue weighted by Crippen LogP contribution is -2.37. The van der Waals surface area contributed by atoms with E-state index >= 15 is 0 Å². The van der Waals surface area contributed by atoms with E-state index in [4.69, 9.17) is 16.3 Å². The van der Waals surface area contributed by atoms with Crippen LogP contribution in [0.5, 0.6) is 0 Å². The molecule has 0 spiro atoms. The van der Waals surface area contributed by atoms with E-state index in [1.54, 1.807) is 18.2 Å². The Morgan fingerprint density at radius 1 is 1.29 bits per heavy atom. The van der Waals surface area contributed by atoms with Gasteiger partial charge in [0, 0.05) is 11.4 Å².